The van der Waals surface area contributed by atoms with E-state index in [9.17, 15) is 4.79 Å². The van der Waals surface area contributed by atoms with Crippen molar-refractivity contribution in [3.8, 4) is 11.4 Å². The smallest absolute Gasteiger partial charge is 0.240 e. The lowest BCUT2D eigenvalue weighted by Gasteiger charge is -2.13. The second-order valence-electron chi connectivity index (χ2n) is 5.65. The third kappa shape index (κ3) is 4.77. The normalized spacial score (nSPS) is 10.4. The van der Waals surface area contributed by atoms with Crippen molar-refractivity contribution in [2.45, 2.75) is 0 Å². The molecule has 1 heterocycles. The SMILES string of the molecule is COCCNCC(=O)Nc1nc2ccccc2n1-c1ccccc1OC.Cl. The summed E-state index contributed by atoms with van der Waals surface area (Å²) < 4.78 is 12.3. The molecule has 1 amide bonds. The molecule has 8 heteroatoms. The lowest BCUT2D eigenvalue weighted by molar-refractivity contribution is -0.115. The highest BCUT2D eigenvalue weighted by molar-refractivity contribution is 5.93. The first kappa shape index (κ1) is 20.7. The molecule has 1 aromatic heterocycles. The molecule has 0 aliphatic carbocycles. The number of nitrogens with one attached hydrogen (secondary N) is 2. The molecule has 3 rings (SSSR count). The molecule has 144 valence electrons. The molecule has 0 aliphatic rings. The minimum absolute atomic E-state index is 0. The maximum atomic E-state index is 12.3. The number of carbonyl (C=O) groups is 1. The topological polar surface area (TPSA) is 77.4 Å². The number of para-hydroxylation sites is 4. The molecule has 0 atom stereocenters. The Balaban J connectivity index is 0.00000261. The first-order valence-corrected chi connectivity index (χ1v) is 8.35. The van der Waals surface area contributed by atoms with E-state index in [1.54, 1.807) is 14.2 Å². The van der Waals surface area contributed by atoms with E-state index in [0.29, 0.717) is 24.8 Å². The fourth-order valence-corrected chi connectivity index (χ4v) is 2.71. The monoisotopic (exact) mass is 390 g/mol. The van der Waals surface area contributed by atoms with Crippen LogP contribution in [0.5, 0.6) is 5.75 Å². The average molecular weight is 391 g/mol. The number of methoxy groups -OCH3 is 2. The molecule has 2 aromatic carbocycles. The second kappa shape index (κ2) is 9.91. The summed E-state index contributed by atoms with van der Waals surface area (Å²) in [4.78, 5) is 16.9. The number of carbonyl (C=O) groups excluding carboxylic acids is 1. The van der Waals surface area contributed by atoms with Crippen LogP contribution in [-0.2, 0) is 9.53 Å². The van der Waals surface area contributed by atoms with E-state index in [1.807, 2.05) is 53.1 Å². The van der Waals surface area contributed by atoms with Crippen molar-refractivity contribution < 1.29 is 14.3 Å². The lowest BCUT2D eigenvalue weighted by Crippen LogP contribution is -2.31. The Labute approximate surface area is 164 Å². The summed E-state index contributed by atoms with van der Waals surface area (Å²) in [6.07, 6.45) is 0. The van der Waals surface area contributed by atoms with Gasteiger partial charge in [0.2, 0.25) is 11.9 Å². The van der Waals surface area contributed by atoms with Gasteiger partial charge in [0.15, 0.2) is 0 Å². The number of hydrogen-bond donors (Lipinski definition) is 2. The van der Waals surface area contributed by atoms with Crippen molar-refractivity contribution in [1.29, 1.82) is 0 Å². The number of imidazole rings is 1. The number of ether oxygens (including phenoxy) is 2. The van der Waals surface area contributed by atoms with Gasteiger partial charge >= 0.3 is 0 Å². The van der Waals surface area contributed by atoms with Crippen LogP contribution < -0.4 is 15.4 Å². The Hall–Kier alpha value is -2.61. The first-order chi connectivity index (χ1) is 12.7. The Bertz CT molecular complexity index is 898. The molecule has 3 aromatic rings. The van der Waals surface area contributed by atoms with Crippen LogP contribution in [0.15, 0.2) is 48.5 Å². The van der Waals surface area contributed by atoms with Gasteiger partial charge in [-0.25, -0.2) is 4.98 Å². The first-order valence-electron chi connectivity index (χ1n) is 8.35. The highest BCUT2D eigenvalue weighted by Gasteiger charge is 2.17. The maximum Gasteiger partial charge on any atom is 0.240 e. The van der Waals surface area contributed by atoms with Crippen molar-refractivity contribution in [3.63, 3.8) is 0 Å². The van der Waals surface area contributed by atoms with Crippen LogP contribution in [-0.4, -0.2) is 49.4 Å². The van der Waals surface area contributed by atoms with Crippen molar-refractivity contribution in [1.82, 2.24) is 14.9 Å². The van der Waals surface area contributed by atoms with Crippen LogP contribution in [0.25, 0.3) is 16.7 Å². The summed E-state index contributed by atoms with van der Waals surface area (Å²) in [5, 5.41) is 5.90. The van der Waals surface area contributed by atoms with E-state index < -0.39 is 0 Å². The van der Waals surface area contributed by atoms with Gasteiger partial charge in [-0.3, -0.25) is 14.7 Å². The number of rotatable bonds is 8. The van der Waals surface area contributed by atoms with Gasteiger partial charge in [-0.1, -0.05) is 24.3 Å². The zero-order valence-corrected chi connectivity index (χ0v) is 16.1. The minimum Gasteiger partial charge on any atom is -0.495 e. The number of anilines is 1. The van der Waals surface area contributed by atoms with E-state index in [0.717, 1.165) is 16.7 Å². The summed E-state index contributed by atoms with van der Waals surface area (Å²) in [6, 6.07) is 15.4. The number of benzene rings is 2. The average Bonchev–Trinajstić information content (AvgIpc) is 3.02. The van der Waals surface area contributed by atoms with Crippen LogP contribution in [0, 0.1) is 0 Å². The fraction of sp³-hybridized carbons (Fsp3) is 0.263. The summed E-state index contributed by atoms with van der Waals surface area (Å²) >= 11 is 0. The molecule has 0 radical (unpaired) electrons. The molecule has 0 spiro atoms. The number of amides is 1. The number of aromatic nitrogens is 2. The lowest BCUT2D eigenvalue weighted by atomic mass is 10.2. The minimum atomic E-state index is -0.174. The summed E-state index contributed by atoms with van der Waals surface area (Å²) in [6.45, 7) is 1.33. The summed E-state index contributed by atoms with van der Waals surface area (Å²) in [5.74, 6) is 0.978. The standard InChI is InChI=1S/C19H22N4O3.ClH/c1-25-12-11-20-13-18(24)22-19-21-14-7-3-4-8-15(14)23(19)16-9-5-6-10-17(16)26-2;/h3-10,20H,11-13H2,1-2H3,(H,21,22,24);1H. The molecule has 0 fully saturated rings. The fourth-order valence-electron chi connectivity index (χ4n) is 2.71. The van der Waals surface area contributed by atoms with E-state index in [1.165, 1.54) is 0 Å². The Kier molecular flexibility index (Phi) is 7.60. The van der Waals surface area contributed by atoms with Gasteiger partial charge in [0.1, 0.15) is 5.75 Å². The van der Waals surface area contributed by atoms with E-state index in [4.69, 9.17) is 9.47 Å². The zero-order valence-electron chi connectivity index (χ0n) is 15.3. The largest absolute Gasteiger partial charge is 0.495 e. The maximum absolute atomic E-state index is 12.3. The van der Waals surface area contributed by atoms with Crippen LogP contribution in [0.2, 0.25) is 0 Å². The zero-order chi connectivity index (χ0) is 18.4. The molecule has 0 unspecified atom stereocenters. The Morgan fingerprint density at radius 1 is 1.11 bits per heavy atom. The van der Waals surface area contributed by atoms with Gasteiger partial charge in [0, 0.05) is 13.7 Å². The van der Waals surface area contributed by atoms with Crippen LogP contribution >= 0.6 is 12.4 Å². The molecule has 27 heavy (non-hydrogen) atoms. The number of fused-ring (bicyclic) bond motifs is 1. The van der Waals surface area contributed by atoms with Crippen molar-refractivity contribution in [3.05, 3.63) is 48.5 Å². The van der Waals surface area contributed by atoms with Crippen molar-refractivity contribution >= 4 is 35.3 Å². The quantitative estimate of drug-likeness (QED) is 0.578. The predicted octanol–water partition coefficient (Wildman–Crippen LogP) is 2.63. The highest BCUT2D eigenvalue weighted by atomic mass is 35.5. The van der Waals surface area contributed by atoms with Gasteiger partial charge in [0.25, 0.3) is 0 Å². The molecule has 0 saturated heterocycles. The number of hydrogen-bond acceptors (Lipinski definition) is 5. The van der Waals surface area contributed by atoms with E-state index in [-0.39, 0.29) is 24.9 Å². The van der Waals surface area contributed by atoms with Crippen LogP contribution in [0.4, 0.5) is 5.95 Å². The molecule has 7 nitrogen and oxygen atoms in total. The van der Waals surface area contributed by atoms with Crippen LogP contribution in [0.3, 0.4) is 0 Å². The van der Waals surface area contributed by atoms with Crippen molar-refractivity contribution in [2.24, 2.45) is 0 Å². The predicted molar refractivity (Wildman–Crippen MR) is 108 cm³/mol. The summed E-state index contributed by atoms with van der Waals surface area (Å²) in [7, 11) is 3.24. The molecule has 0 aliphatic heterocycles. The van der Waals surface area contributed by atoms with Gasteiger partial charge in [0.05, 0.1) is 37.0 Å². The molecule has 0 bridgehead atoms. The number of halogens is 1. The van der Waals surface area contributed by atoms with E-state index >= 15 is 0 Å². The van der Waals surface area contributed by atoms with Crippen molar-refractivity contribution in [2.75, 3.05) is 39.2 Å². The summed E-state index contributed by atoms with van der Waals surface area (Å²) in [5.41, 5.74) is 2.49. The molecular weight excluding hydrogens is 368 g/mol. The van der Waals surface area contributed by atoms with Gasteiger partial charge < -0.3 is 14.8 Å². The van der Waals surface area contributed by atoms with Gasteiger partial charge in [-0.2, -0.15) is 0 Å². The van der Waals surface area contributed by atoms with Gasteiger partial charge in [-0.15, -0.1) is 12.4 Å². The Morgan fingerprint density at radius 2 is 1.85 bits per heavy atom. The third-order valence-electron chi connectivity index (χ3n) is 3.91. The van der Waals surface area contributed by atoms with Gasteiger partial charge in [-0.05, 0) is 24.3 Å². The van der Waals surface area contributed by atoms with Crippen LogP contribution in [0.1, 0.15) is 0 Å². The Morgan fingerprint density at radius 3 is 2.63 bits per heavy atom. The second-order valence-corrected chi connectivity index (χ2v) is 5.65. The molecular formula is C19H23ClN4O3. The molecule has 2 N–H and O–H groups in total. The highest BCUT2D eigenvalue weighted by Crippen LogP contribution is 2.30. The third-order valence-corrected chi connectivity index (χ3v) is 3.91. The number of nitrogens with zero attached hydrogens (tertiary/aromatic N) is 2. The van der Waals surface area contributed by atoms with E-state index in [2.05, 4.69) is 15.6 Å². The molecule has 0 saturated carbocycles.